The van der Waals surface area contributed by atoms with Crippen molar-refractivity contribution in [3.8, 4) is 11.5 Å². The number of carbonyl (C=O) groups excluding carboxylic acids is 1. The fourth-order valence-corrected chi connectivity index (χ4v) is 2.20. The molecule has 4 nitrogen and oxygen atoms in total. The number of halogens is 2. The Morgan fingerprint density at radius 3 is 2.38 bits per heavy atom. The third-order valence-corrected chi connectivity index (χ3v) is 3.29. The summed E-state index contributed by atoms with van der Waals surface area (Å²) in [6.07, 6.45) is 0. The molecule has 0 fully saturated rings. The largest absolute Gasteiger partial charge is 0.475 e. The topological polar surface area (TPSA) is 63.6 Å². The first-order valence-corrected chi connectivity index (χ1v) is 6.65. The van der Waals surface area contributed by atoms with E-state index < -0.39 is 11.8 Å². The molecule has 0 aliphatic carbocycles. The predicted octanol–water partition coefficient (Wildman–Crippen LogP) is 4.36. The Morgan fingerprint density at radius 2 is 1.81 bits per heavy atom. The van der Waals surface area contributed by atoms with Crippen molar-refractivity contribution in [2.45, 2.75) is 6.92 Å². The van der Waals surface area contributed by atoms with Gasteiger partial charge in [-0.1, -0.05) is 23.2 Å². The van der Waals surface area contributed by atoms with Crippen molar-refractivity contribution < 1.29 is 19.4 Å². The number of Topliss-reactive ketones (excluding diaryl/α,β-unsaturated/α-hetero) is 1. The first-order valence-electron chi connectivity index (χ1n) is 5.89. The molecular formula is C15H10Cl2O4. The molecule has 0 aliphatic rings. The van der Waals surface area contributed by atoms with Crippen LogP contribution in [-0.2, 0) is 4.79 Å². The number of carboxylic acid groups (broad SMARTS) is 1. The lowest BCUT2D eigenvalue weighted by molar-refractivity contribution is -0.131. The minimum Gasteiger partial charge on any atom is -0.475 e. The van der Waals surface area contributed by atoms with Crippen LogP contribution in [0, 0.1) is 6.92 Å². The molecule has 21 heavy (non-hydrogen) atoms. The summed E-state index contributed by atoms with van der Waals surface area (Å²) in [5, 5.41) is 9.29. The molecule has 0 unspecified atom stereocenters. The number of rotatable bonds is 4. The Balaban J connectivity index is 2.28. The standard InChI is InChI=1S/C15H10Cl2O4/c1-8-6-9(16)2-5-13(8)21-10-3-4-11(12(17)7-10)14(18)15(19)20/h2-7H,1H3,(H,19,20). The van der Waals surface area contributed by atoms with Crippen LogP contribution in [0.2, 0.25) is 10.0 Å². The Hall–Kier alpha value is -2.04. The molecule has 2 rings (SSSR count). The molecule has 0 heterocycles. The first kappa shape index (κ1) is 15.4. The van der Waals surface area contributed by atoms with E-state index >= 15 is 0 Å². The second-order valence-corrected chi connectivity index (χ2v) is 5.13. The van der Waals surface area contributed by atoms with Gasteiger partial charge in [0.1, 0.15) is 11.5 Å². The number of carboxylic acids is 1. The van der Waals surface area contributed by atoms with Crippen LogP contribution < -0.4 is 4.74 Å². The first-order chi connectivity index (χ1) is 9.88. The third-order valence-electron chi connectivity index (χ3n) is 2.74. The van der Waals surface area contributed by atoms with Crippen LogP contribution in [0.3, 0.4) is 0 Å². The Bertz CT molecular complexity index is 726. The number of hydrogen-bond donors (Lipinski definition) is 1. The molecule has 6 heteroatoms. The van der Waals surface area contributed by atoms with Gasteiger partial charge in [0.05, 0.1) is 5.02 Å². The van der Waals surface area contributed by atoms with Gasteiger partial charge in [-0.15, -0.1) is 0 Å². The molecule has 0 aromatic heterocycles. The molecule has 2 aromatic rings. The highest BCUT2D eigenvalue weighted by Gasteiger charge is 2.18. The quantitative estimate of drug-likeness (QED) is 0.670. The molecule has 0 saturated carbocycles. The molecular weight excluding hydrogens is 315 g/mol. The average molecular weight is 325 g/mol. The molecule has 0 saturated heterocycles. The van der Waals surface area contributed by atoms with E-state index in [1.165, 1.54) is 18.2 Å². The maximum Gasteiger partial charge on any atom is 0.377 e. The zero-order valence-corrected chi connectivity index (χ0v) is 12.4. The summed E-state index contributed by atoms with van der Waals surface area (Å²) in [4.78, 5) is 22.0. The maximum absolute atomic E-state index is 11.4. The number of aryl methyl sites for hydroxylation is 1. The van der Waals surface area contributed by atoms with Crippen molar-refractivity contribution >= 4 is 35.0 Å². The number of aliphatic carboxylic acids is 1. The molecule has 0 radical (unpaired) electrons. The van der Waals surface area contributed by atoms with Crippen LogP contribution in [0.5, 0.6) is 11.5 Å². The summed E-state index contributed by atoms with van der Waals surface area (Å²) >= 11 is 11.8. The van der Waals surface area contributed by atoms with Gasteiger partial charge in [-0.2, -0.15) is 0 Å². The van der Waals surface area contributed by atoms with Gasteiger partial charge in [0.2, 0.25) is 0 Å². The molecule has 108 valence electrons. The normalized spacial score (nSPS) is 10.2. The van der Waals surface area contributed by atoms with Gasteiger partial charge in [0.25, 0.3) is 5.78 Å². The minimum atomic E-state index is -1.56. The number of benzene rings is 2. The SMILES string of the molecule is Cc1cc(Cl)ccc1Oc1ccc(C(=O)C(=O)O)c(Cl)c1. The van der Waals surface area contributed by atoms with Gasteiger partial charge in [0, 0.05) is 16.7 Å². The molecule has 1 N–H and O–H groups in total. The van der Waals surface area contributed by atoms with Gasteiger partial charge >= 0.3 is 5.97 Å². The van der Waals surface area contributed by atoms with Crippen molar-refractivity contribution in [2.75, 3.05) is 0 Å². The van der Waals surface area contributed by atoms with Gasteiger partial charge in [-0.05, 0) is 42.8 Å². The number of ketones is 1. The smallest absolute Gasteiger partial charge is 0.377 e. The second kappa shape index (κ2) is 6.16. The molecule has 2 aromatic carbocycles. The van der Waals surface area contributed by atoms with E-state index in [-0.39, 0.29) is 10.6 Å². The van der Waals surface area contributed by atoms with Crippen LogP contribution in [0.1, 0.15) is 15.9 Å². The number of hydrogen-bond acceptors (Lipinski definition) is 3. The highest BCUT2D eigenvalue weighted by molar-refractivity contribution is 6.45. The highest BCUT2D eigenvalue weighted by Crippen LogP contribution is 2.30. The van der Waals surface area contributed by atoms with E-state index in [0.29, 0.717) is 16.5 Å². The van der Waals surface area contributed by atoms with E-state index in [1.807, 2.05) is 6.92 Å². The Morgan fingerprint density at radius 1 is 1.10 bits per heavy atom. The van der Waals surface area contributed by atoms with Crippen LogP contribution in [0.25, 0.3) is 0 Å². The van der Waals surface area contributed by atoms with Crippen molar-refractivity contribution in [2.24, 2.45) is 0 Å². The second-order valence-electron chi connectivity index (χ2n) is 4.29. The van der Waals surface area contributed by atoms with Gasteiger partial charge in [0.15, 0.2) is 0 Å². The summed E-state index contributed by atoms with van der Waals surface area (Å²) in [6, 6.07) is 9.35. The zero-order chi connectivity index (χ0) is 15.6. The van der Waals surface area contributed by atoms with E-state index in [9.17, 15) is 9.59 Å². The third kappa shape index (κ3) is 3.54. The van der Waals surface area contributed by atoms with E-state index in [4.69, 9.17) is 33.0 Å². The molecule has 0 atom stereocenters. The van der Waals surface area contributed by atoms with Crippen LogP contribution in [0.4, 0.5) is 0 Å². The van der Waals surface area contributed by atoms with Gasteiger partial charge in [-0.25, -0.2) is 4.79 Å². The van der Waals surface area contributed by atoms with Crippen molar-refractivity contribution in [3.63, 3.8) is 0 Å². The summed E-state index contributed by atoms with van der Waals surface area (Å²) in [5.41, 5.74) is 0.758. The summed E-state index contributed by atoms with van der Waals surface area (Å²) < 4.78 is 5.64. The maximum atomic E-state index is 11.4. The van der Waals surface area contributed by atoms with E-state index in [1.54, 1.807) is 18.2 Å². The monoisotopic (exact) mass is 324 g/mol. The zero-order valence-electron chi connectivity index (χ0n) is 10.9. The fraction of sp³-hybridized carbons (Fsp3) is 0.0667. The van der Waals surface area contributed by atoms with E-state index in [2.05, 4.69) is 0 Å². The molecule has 0 spiro atoms. The molecule has 0 aliphatic heterocycles. The lowest BCUT2D eigenvalue weighted by Crippen LogP contribution is -2.13. The summed E-state index contributed by atoms with van der Waals surface area (Å²) in [5.74, 6) is -1.63. The van der Waals surface area contributed by atoms with Crippen LogP contribution in [-0.4, -0.2) is 16.9 Å². The fourth-order valence-electron chi connectivity index (χ4n) is 1.71. The van der Waals surface area contributed by atoms with Crippen LogP contribution in [0.15, 0.2) is 36.4 Å². The van der Waals surface area contributed by atoms with Crippen molar-refractivity contribution in [1.82, 2.24) is 0 Å². The average Bonchev–Trinajstić information content (AvgIpc) is 2.41. The van der Waals surface area contributed by atoms with Gasteiger partial charge < -0.3 is 9.84 Å². The predicted molar refractivity (Wildman–Crippen MR) is 79.7 cm³/mol. The lowest BCUT2D eigenvalue weighted by atomic mass is 10.1. The molecule has 0 amide bonds. The Labute approximate surface area is 130 Å². The van der Waals surface area contributed by atoms with Crippen molar-refractivity contribution in [1.29, 1.82) is 0 Å². The van der Waals surface area contributed by atoms with Crippen molar-refractivity contribution in [3.05, 3.63) is 57.6 Å². The van der Waals surface area contributed by atoms with Crippen LogP contribution >= 0.6 is 23.2 Å². The van der Waals surface area contributed by atoms with E-state index in [0.717, 1.165) is 5.56 Å². The lowest BCUT2D eigenvalue weighted by Gasteiger charge is -2.10. The minimum absolute atomic E-state index is 0.0199. The summed E-state index contributed by atoms with van der Waals surface area (Å²) in [7, 11) is 0. The number of carbonyl (C=O) groups is 2. The summed E-state index contributed by atoms with van der Waals surface area (Å²) in [6.45, 7) is 1.84. The Kier molecular flexibility index (Phi) is 4.50. The highest BCUT2D eigenvalue weighted by atomic mass is 35.5. The number of ether oxygens (including phenoxy) is 1. The molecule has 0 bridgehead atoms. The van der Waals surface area contributed by atoms with Gasteiger partial charge in [-0.3, -0.25) is 4.79 Å².